The maximum Gasteiger partial charge on any atom is 0.280 e. The minimum Gasteiger partial charge on any atom is -0.435 e. The molecule has 1 fully saturated rings. The van der Waals surface area contributed by atoms with Crippen LogP contribution in [-0.2, 0) is 0 Å². The van der Waals surface area contributed by atoms with Gasteiger partial charge in [0.2, 0.25) is 5.89 Å². The molecule has 9 nitrogen and oxygen atoms in total. The number of rotatable bonds is 7. The Morgan fingerprint density at radius 1 is 1.15 bits per heavy atom. The highest BCUT2D eigenvalue weighted by atomic mass is 19.1. The zero-order chi connectivity index (χ0) is 24.2. The molecule has 0 unspecified atom stereocenters. The van der Waals surface area contributed by atoms with Crippen molar-refractivity contribution in [2.45, 2.75) is 0 Å². The summed E-state index contributed by atoms with van der Waals surface area (Å²) in [6.07, 6.45) is 0. The fraction of sp³-hybridized carbons (Fsp3) is 0.304. The fourth-order valence-corrected chi connectivity index (χ4v) is 3.76. The summed E-state index contributed by atoms with van der Waals surface area (Å²) in [6, 6.07) is 8.45. The summed E-state index contributed by atoms with van der Waals surface area (Å²) in [5.41, 5.74) is -0.490. The molecule has 1 saturated heterocycles. The highest BCUT2D eigenvalue weighted by molar-refractivity contribution is 5.99. The molecule has 3 aromatic rings. The number of benzene rings is 2. The van der Waals surface area contributed by atoms with Gasteiger partial charge >= 0.3 is 0 Å². The molecule has 178 valence electrons. The molecule has 0 spiro atoms. The lowest BCUT2D eigenvalue weighted by Crippen LogP contribution is -2.46. The van der Waals surface area contributed by atoms with Crippen LogP contribution in [0, 0.1) is 21.7 Å². The number of carbonyl (C=O) groups excluding carboxylic acids is 1. The van der Waals surface area contributed by atoms with Crippen LogP contribution in [0.5, 0.6) is 0 Å². The fourth-order valence-electron chi connectivity index (χ4n) is 3.76. The lowest BCUT2D eigenvalue weighted by atomic mass is 10.1. The molecule has 4 rings (SSSR count). The number of hydrogen-bond acceptors (Lipinski definition) is 7. The van der Waals surface area contributed by atoms with E-state index in [9.17, 15) is 23.7 Å². The second-order valence-electron chi connectivity index (χ2n) is 8.03. The summed E-state index contributed by atoms with van der Waals surface area (Å²) in [7, 11) is 2.05. The molecule has 0 aliphatic carbocycles. The quantitative estimate of drug-likeness (QED) is 0.417. The van der Waals surface area contributed by atoms with Crippen molar-refractivity contribution >= 4 is 11.6 Å². The zero-order valence-corrected chi connectivity index (χ0v) is 18.5. The average molecular weight is 471 g/mol. The van der Waals surface area contributed by atoms with Gasteiger partial charge in [0.15, 0.2) is 11.5 Å². The predicted molar refractivity (Wildman–Crippen MR) is 120 cm³/mol. The SMILES string of the molecule is CN1CCN(CCNC(=O)c2nc(-c3cc(F)cc(F)c3)oc2-c2ccccc2[N+](=O)[O-])CC1. The molecule has 2 aromatic carbocycles. The maximum absolute atomic E-state index is 13.8. The molecular weight excluding hydrogens is 448 g/mol. The van der Waals surface area contributed by atoms with E-state index in [1.165, 1.54) is 18.2 Å². The Morgan fingerprint density at radius 2 is 1.82 bits per heavy atom. The third-order valence-corrected chi connectivity index (χ3v) is 5.61. The maximum atomic E-state index is 13.8. The number of nitro benzene ring substituents is 1. The van der Waals surface area contributed by atoms with Crippen molar-refractivity contribution < 1.29 is 22.9 Å². The van der Waals surface area contributed by atoms with E-state index in [-0.39, 0.29) is 34.2 Å². The molecule has 0 saturated carbocycles. The van der Waals surface area contributed by atoms with Crippen LogP contribution in [0.3, 0.4) is 0 Å². The van der Waals surface area contributed by atoms with Crippen molar-refractivity contribution in [2.75, 3.05) is 46.3 Å². The number of amides is 1. The number of oxazole rings is 1. The van der Waals surface area contributed by atoms with E-state index < -0.39 is 22.5 Å². The van der Waals surface area contributed by atoms with Crippen LogP contribution in [0.15, 0.2) is 46.9 Å². The Bertz CT molecular complexity index is 1190. The summed E-state index contributed by atoms with van der Waals surface area (Å²) < 4.78 is 33.2. The molecule has 34 heavy (non-hydrogen) atoms. The minimum absolute atomic E-state index is 0.0335. The molecular formula is C23H23F2N5O4. The van der Waals surface area contributed by atoms with E-state index in [1.54, 1.807) is 6.07 Å². The highest BCUT2D eigenvalue weighted by Gasteiger charge is 2.27. The van der Waals surface area contributed by atoms with E-state index in [0.717, 1.165) is 38.3 Å². The van der Waals surface area contributed by atoms with Crippen LogP contribution >= 0.6 is 0 Å². The molecule has 1 aliphatic rings. The van der Waals surface area contributed by atoms with Crippen molar-refractivity contribution in [3.63, 3.8) is 0 Å². The number of likely N-dealkylation sites (N-methyl/N-ethyl adjacent to an activating group) is 1. The van der Waals surface area contributed by atoms with Crippen molar-refractivity contribution in [1.29, 1.82) is 0 Å². The first-order valence-electron chi connectivity index (χ1n) is 10.7. The van der Waals surface area contributed by atoms with Gasteiger partial charge in [-0.25, -0.2) is 13.8 Å². The lowest BCUT2D eigenvalue weighted by molar-refractivity contribution is -0.384. The Hall–Kier alpha value is -3.70. The van der Waals surface area contributed by atoms with E-state index in [0.29, 0.717) is 19.2 Å². The van der Waals surface area contributed by atoms with E-state index in [1.807, 2.05) is 0 Å². The Balaban J connectivity index is 1.64. The summed E-state index contributed by atoms with van der Waals surface area (Å²) in [6.45, 7) is 4.59. The topological polar surface area (TPSA) is 105 Å². The van der Waals surface area contributed by atoms with Gasteiger partial charge in [-0.2, -0.15) is 0 Å². The van der Waals surface area contributed by atoms with Gasteiger partial charge in [-0.3, -0.25) is 19.8 Å². The van der Waals surface area contributed by atoms with Crippen LogP contribution in [0.4, 0.5) is 14.5 Å². The number of hydrogen-bond donors (Lipinski definition) is 1. The smallest absolute Gasteiger partial charge is 0.280 e. The molecule has 11 heteroatoms. The first-order valence-corrected chi connectivity index (χ1v) is 10.7. The number of para-hydroxylation sites is 1. The van der Waals surface area contributed by atoms with Gasteiger partial charge in [0.1, 0.15) is 11.6 Å². The summed E-state index contributed by atoms with van der Waals surface area (Å²) in [4.78, 5) is 32.6. The molecule has 1 aromatic heterocycles. The number of nitrogens with zero attached hydrogens (tertiary/aromatic N) is 4. The number of nitro groups is 1. The number of halogens is 2. The molecule has 1 aliphatic heterocycles. The molecule has 0 bridgehead atoms. The van der Waals surface area contributed by atoms with E-state index in [2.05, 4.69) is 27.1 Å². The molecule has 1 amide bonds. The van der Waals surface area contributed by atoms with Crippen LogP contribution in [-0.4, -0.2) is 71.9 Å². The predicted octanol–water partition coefficient (Wildman–Crippen LogP) is 3.17. The second kappa shape index (κ2) is 10.1. The van der Waals surface area contributed by atoms with Gasteiger partial charge < -0.3 is 14.6 Å². The van der Waals surface area contributed by atoms with Crippen LogP contribution in [0.2, 0.25) is 0 Å². The molecule has 1 N–H and O–H groups in total. The molecule has 2 heterocycles. The summed E-state index contributed by atoms with van der Waals surface area (Å²) in [5.74, 6) is -2.67. The zero-order valence-electron chi connectivity index (χ0n) is 18.5. The van der Waals surface area contributed by atoms with Crippen molar-refractivity contribution in [1.82, 2.24) is 20.1 Å². The lowest BCUT2D eigenvalue weighted by Gasteiger charge is -2.32. The van der Waals surface area contributed by atoms with E-state index >= 15 is 0 Å². The molecule has 0 atom stereocenters. The number of piperazine rings is 1. The van der Waals surface area contributed by atoms with Crippen LogP contribution < -0.4 is 5.32 Å². The average Bonchev–Trinajstić information content (AvgIpc) is 3.25. The van der Waals surface area contributed by atoms with Crippen molar-refractivity contribution in [3.8, 4) is 22.8 Å². The van der Waals surface area contributed by atoms with Gasteiger partial charge in [0, 0.05) is 57.0 Å². The monoisotopic (exact) mass is 471 g/mol. The van der Waals surface area contributed by atoms with Crippen LogP contribution in [0.25, 0.3) is 22.8 Å². The largest absolute Gasteiger partial charge is 0.435 e. The third-order valence-electron chi connectivity index (χ3n) is 5.61. The number of carbonyl (C=O) groups is 1. The Kier molecular flexibility index (Phi) is 6.94. The van der Waals surface area contributed by atoms with Crippen molar-refractivity contribution in [3.05, 3.63) is 69.9 Å². The summed E-state index contributed by atoms with van der Waals surface area (Å²) in [5, 5.41) is 14.3. The summed E-state index contributed by atoms with van der Waals surface area (Å²) >= 11 is 0. The Morgan fingerprint density at radius 3 is 2.50 bits per heavy atom. The van der Waals surface area contributed by atoms with Crippen molar-refractivity contribution in [2.24, 2.45) is 0 Å². The van der Waals surface area contributed by atoms with Gasteiger partial charge in [-0.15, -0.1) is 0 Å². The second-order valence-corrected chi connectivity index (χ2v) is 8.03. The Labute approximate surface area is 194 Å². The normalized spacial score (nSPS) is 14.8. The van der Waals surface area contributed by atoms with Gasteiger partial charge in [-0.1, -0.05) is 12.1 Å². The molecule has 0 radical (unpaired) electrons. The van der Waals surface area contributed by atoms with Crippen LogP contribution in [0.1, 0.15) is 10.5 Å². The van der Waals surface area contributed by atoms with Gasteiger partial charge in [0.25, 0.3) is 11.6 Å². The number of aromatic nitrogens is 1. The van der Waals surface area contributed by atoms with E-state index in [4.69, 9.17) is 4.42 Å². The van der Waals surface area contributed by atoms with Gasteiger partial charge in [0.05, 0.1) is 10.5 Å². The highest BCUT2D eigenvalue weighted by Crippen LogP contribution is 2.35. The first kappa shape index (κ1) is 23.5. The first-order chi connectivity index (χ1) is 16.3. The minimum atomic E-state index is -0.849. The third kappa shape index (κ3) is 5.26. The number of nitrogens with one attached hydrogen (secondary N) is 1. The standard InChI is InChI=1S/C23H23F2N5O4/c1-28-8-10-29(11-9-28)7-6-26-22(31)20-21(18-4-2-3-5-19(18)30(32)33)34-23(27-20)15-12-16(24)14-17(25)13-15/h2-5,12-14H,6-11H2,1H3,(H,26,31). The van der Waals surface area contributed by atoms with Gasteiger partial charge in [-0.05, 0) is 25.2 Å².